The average Bonchev–Trinajstić information content (AvgIpc) is 3.46. The molecule has 0 fully saturated rings. The van der Waals surface area contributed by atoms with Crippen LogP contribution in [-0.4, -0.2) is 31.8 Å². The molecule has 10 heteroatoms. The first-order valence-corrected chi connectivity index (χ1v) is 12.4. The molecule has 0 unspecified atom stereocenters. The summed E-state index contributed by atoms with van der Waals surface area (Å²) in [6.07, 6.45) is 5.26. The molecule has 3 aromatic rings. The predicted octanol–water partition coefficient (Wildman–Crippen LogP) is 2.85. The number of nitrogens with one attached hydrogen (secondary N) is 2. The molecule has 0 aliphatic carbocycles. The minimum atomic E-state index is -0.442. The van der Waals surface area contributed by atoms with Crippen LogP contribution >= 0.6 is 0 Å². The number of rotatable bonds is 12. The third kappa shape index (κ3) is 5.58. The van der Waals surface area contributed by atoms with E-state index in [1.165, 1.54) is 0 Å². The van der Waals surface area contributed by atoms with Crippen LogP contribution in [-0.2, 0) is 30.8 Å². The highest BCUT2D eigenvalue weighted by atomic mass is 16.7. The summed E-state index contributed by atoms with van der Waals surface area (Å²) in [6, 6.07) is 5.58. The lowest BCUT2D eigenvalue weighted by Gasteiger charge is -2.09. The van der Waals surface area contributed by atoms with Crippen LogP contribution in [0.25, 0.3) is 11.2 Å². The Morgan fingerprint density at radius 1 is 1.06 bits per heavy atom. The van der Waals surface area contributed by atoms with Gasteiger partial charge in [0.2, 0.25) is 12.7 Å². The summed E-state index contributed by atoms with van der Waals surface area (Å²) in [5.41, 5.74) is 0.857. The molecule has 0 radical (unpaired) electrons. The summed E-state index contributed by atoms with van der Waals surface area (Å²) in [5.74, 6) is 1.91. The van der Waals surface area contributed by atoms with Gasteiger partial charge in [-0.25, -0.2) is 9.78 Å². The summed E-state index contributed by atoms with van der Waals surface area (Å²) in [4.78, 5) is 45.0. The Balaban J connectivity index is 1.51. The third-order valence-electron chi connectivity index (χ3n) is 6.19. The van der Waals surface area contributed by atoms with E-state index >= 15 is 0 Å². The van der Waals surface area contributed by atoms with Gasteiger partial charge >= 0.3 is 5.69 Å². The quantitative estimate of drug-likeness (QED) is 0.382. The molecule has 0 atom stereocenters. The molecule has 1 aromatic carbocycles. The number of nitrogens with zero attached hydrogens (tertiary/aromatic N) is 3. The molecule has 188 valence electrons. The molecule has 1 aliphatic rings. The van der Waals surface area contributed by atoms with Gasteiger partial charge in [0.25, 0.3) is 5.56 Å². The maximum absolute atomic E-state index is 12.7. The Kier molecular flexibility index (Phi) is 7.89. The zero-order valence-electron chi connectivity index (χ0n) is 20.4. The second-order valence-electron chi connectivity index (χ2n) is 8.79. The number of imidazole rings is 1. The smallest absolute Gasteiger partial charge is 0.330 e. The standard InChI is InChI=1S/C25H33N5O5/c1-3-5-7-13-29-20(27-23-22(29)24(32)28-25(33)30(23)12-6-4-2)10-11-21(31)26-15-17-8-9-18-19(14-17)35-16-34-18/h8-9,14H,3-7,10-13,15-16H2,1-2H3,(H,26,31)(H,28,32,33). The van der Waals surface area contributed by atoms with Crippen LogP contribution in [0.5, 0.6) is 11.5 Å². The first-order chi connectivity index (χ1) is 17.0. The lowest BCUT2D eigenvalue weighted by molar-refractivity contribution is -0.121. The lowest BCUT2D eigenvalue weighted by Crippen LogP contribution is -2.31. The van der Waals surface area contributed by atoms with Gasteiger partial charge in [-0.2, -0.15) is 0 Å². The zero-order valence-corrected chi connectivity index (χ0v) is 20.4. The maximum atomic E-state index is 12.7. The van der Waals surface area contributed by atoms with Gasteiger partial charge in [-0.3, -0.25) is 19.1 Å². The molecular formula is C25H33N5O5. The van der Waals surface area contributed by atoms with E-state index in [1.807, 2.05) is 29.7 Å². The molecule has 0 saturated heterocycles. The molecular weight excluding hydrogens is 450 g/mol. The van der Waals surface area contributed by atoms with Gasteiger partial charge in [-0.05, 0) is 30.5 Å². The molecule has 1 amide bonds. The highest BCUT2D eigenvalue weighted by Gasteiger charge is 2.19. The van der Waals surface area contributed by atoms with E-state index in [0.717, 1.165) is 37.7 Å². The van der Waals surface area contributed by atoms with Gasteiger partial charge in [0.1, 0.15) is 5.82 Å². The lowest BCUT2D eigenvalue weighted by atomic mass is 10.2. The number of amides is 1. The van der Waals surface area contributed by atoms with Crippen molar-refractivity contribution in [3.8, 4) is 11.5 Å². The van der Waals surface area contributed by atoms with Crippen LogP contribution in [0.3, 0.4) is 0 Å². The van der Waals surface area contributed by atoms with E-state index in [-0.39, 0.29) is 19.1 Å². The summed E-state index contributed by atoms with van der Waals surface area (Å²) in [6.45, 7) is 5.85. The number of aryl methyl sites for hydroxylation is 3. The monoisotopic (exact) mass is 483 g/mol. The molecule has 35 heavy (non-hydrogen) atoms. The number of fused-ring (bicyclic) bond motifs is 2. The summed E-state index contributed by atoms with van der Waals surface area (Å²) in [5, 5.41) is 2.93. The number of benzene rings is 1. The van der Waals surface area contributed by atoms with E-state index in [9.17, 15) is 14.4 Å². The number of hydrogen-bond acceptors (Lipinski definition) is 6. The van der Waals surface area contributed by atoms with Crippen molar-refractivity contribution >= 4 is 17.1 Å². The average molecular weight is 484 g/mol. The fourth-order valence-corrected chi connectivity index (χ4v) is 4.26. The van der Waals surface area contributed by atoms with E-state index < -0.39 is 11.2 Å². The fraction of sp³-hybridized carbons (Fsp3) is 0.520. The maximum Gasteiger partial charge on any atom is 0.330 e. The van der Waals surface area contributed by atoms with E-state index in [2.05, 4.69) is 17.2 Å². The fourth-order valence-electron chi connectivity index (χ4n) is 4.26. The van der Waals surface area contributed by atoms with Crippen LogP contribution in [0.4, 0.5) is 0 Å². The van der Waals surface area contributed by atoms with Crippen LogP contribution in [0.2, 0.25) is 0 Å². The molecule has 0 bridgehead atoms. The first kappa shape index (κ1) is 24.6. The number of hydrogen-bond donors (Lipinski definition) is 2. The minimum absolute atomic E-state index is 0.118. The van der Waals surface area contributed by atoms with Gasteiger partial charge in [0.05, 0.1) is 0 Å². The highest BCUT2D eigenvalue weighted by Crippen LogP contribution is 2.32. The number of ether oxygens (including phenoxy) is 2. The van der Waals surface area contributed by atoms with Crippen LogP contribution in [0.1, 0.15) is 63.8 Å². The van der Waals surface area contributed by atoms with Gasteiger partial charge in [-0.15, -0.1) is 0 Å². The highest BCUT2D eigenvalue weighted by molar-refractivity contribution is 5.76. The molecule has 0 spiro atoms. The predicted molar refractivity (Wildman–Crippen MR) is 132 cm³/mol. The summed E-state index contributed by atoms with van der Waals surface area (Å²) < 4.78 is 14.1. The Hall–Kier alpha value is -3.56. The van der Waals surface area contributed by atoms with Gasteiger partial charge in [0, 0.05) is 32.5 Å². The van der Waals surface area contributed by atoms with E-state index in [4.69, 9.17) is 14.5 Å². The van der Waals surface area contributed by atoms with Crippen molar-refractivity contribution in [1.29, 1.82) is 0 Å². The second kappa shape index (κ2) is 11.2. The van der Waals surface area contributed by atoms with Crippen LogP contribution in [0.15, 0.2) is 27.8 Å². The minimum Gasteiger partial charge on any atom is -0.454 e. The van der Waals surface area contributed by atoms with Crippen molar-refractivity contribution in [2.45, 2.75) is 78.4 Å². The zero-order chi connectivity index (χ0) is 24.8. The molecule has 0 saturated carbocycles. The third-order valence-corrected chi connectivity index (χ3v) is 6.19. The molecule has 1 aliphatic heterocycles. The molecule has 4 rings (SSSR count). The van der Waals surface area contributed by atoms with Crippen LogP contribution < -0.4 is 26.0 Å². The second-order valence-corrected chi connectivity index (χ2v) is 8.79. The number of H-pyrrole nitrogens is 1. The molecule has 3 heterocycles. The Morgan fingerprint density at radius 2 is 1.83 bits per heavy atom. The number of carbonyl (C=O) groups excluding carboxylic acids is 1. The number of carbonyl (C=O) groups is 1. The number of aromatic amines is 1. The van der Waals surface area contributed by atoms with Crippen molar-refractivity contribution in [3.05, 3.63) is 50.4 Å². The van der Waals surface area contributed by atoms with Gasteiger partial charge in [0.15, 0.2) is 22.7 Å². The van der Waals surface area contributed by atoms with E-state index in [1.54, 1.807) is 4.57 Å². The van der Waals surface area contributed by atoms with Crippen molar-refractivity contribution in [2.24, 2.45) is 0 Å². The SMILES string of the molecule is CCCCCn1c(CCC(=O)NCc2ccc3c(c2)OCO3)nc2c1c(=O)[nH]c(=O)n2CCCC. The van der Waals surface area contributed by atoms with Gasteiger partial charge < -0.3 is 19.4 Å². The molecule has 10 nitrogen and oxygen atoms in total. The van der Waals surface area contributed by atoms with Crippen molar-refractivity contribution in [3.63, 3.8) is 0 Å². The van der Waals surface area contributed by atoms with E-state index in [0.29, 0.717) is 54.5 Å². The van der Waals surface area contributed by atoms with Crippen molar-refractivity contribution in [2.75, 3.05) is 6.79 Å². The first-order valence-electron chi connectivity index (χ1n) is 12.4. The Bertz CT molecular complexity index is 1310. The van der Waals surface area contributed by atoms with Crippen molar-refractivity contribution < 1.29 is 14.3 Å². The number of unbranched alkanes of at least 4 members (excludes halogenated alkanes) is 3. The van der Waals surface area contributed by atoms with Crippen molar-refractivity contribution in [1.82, 2.24) is 24.4 Å². The van der Waals surface area contributed by atoms with Crippen LogP contribution in [0, 0.1) is 0 Å². The number of aromatic nitrogens is 4. The normalized spacial score (nSPS) is 12.4. The van der Waals surface area contributed by atoms with Gasteiger partial charge in [-0.1, -0.05) is 39.2 Å². The Morgan fingerprint density at radius 3 is 2.63 bits per heavy atom. The largest absolute Gasteiger partial charge is 0.454 e. The summed E-state index contributed by atoms with van der Waals surface area (Å²) in [7, 11) is 0. The Labute approximate surface area is 203 Å². The molecule has 2 N–H and O–H groups in total. The summed E-state index contributed by atoms with van der Waals surface area (Å²) >= 11 is 0. The molecule has 2 aromatic heterocycles. The topological polar surface area (TPSA) is 120 Å².